The highest BCUT2D eigenvalue weighted by molar-refractivity contribution is 7.89. The van der Waals surface area contributed by atoms with Crippen molar-refractivity contribution in [3.05, 3.63) is 36.3 Å². The van der Waals surface area contributed by atoms with E-state index in [2.05, 4.69) is 10.6 Å². The fourth-order valence-corrected chi connectivity index (χ4v) is 2.16. The maximum absolute atomic E-state index is 11.6. The van der Waals surface area contributed by atoms with Gasteiger partial charge in [0.25, 0.3) is 0 Å². The minimum Gasteiger partial charge on any atom is -0.396 e. The quantitative estimate of drug-likeness (QED) is 0.572. The molecule has 1 radical (unpaired) electrons. The lowest BCUT2D eigenvalue weighted by Gasteiger charge is -2.05. The summed E-state index contributed by atoms with van der Waals surface area (Å²) in [7, 11) is -3.51. The zero-order valence-corrected chi connectivity index (χ0v) is 9.42. The van der Waals surface area contributed by atoms with Crippen LogP contribution in [0.25, 0.3) is 0 Å². The van der Waals surface area contributed by atoms with Crippen molar-refractivity contribution in [1.29, 1.82) is 0 Å². The van der Waals surface area contributed by atoms with Crippen LogP contribution in [0.1, 0.15) is 12.0 Å². The molecule has 2 N–H and O–H groups in total. The van der Waals surface area contributed by atoms with Gasteiger partial charge in [0.05, 0.1) is 4.90 Å². The number of rotatable bonds is 5. The molecule has 0 saturated heterocycles. The van der Waals surface area contributed by atoms with E-state index in [-0.39, 0.29) is 18.0 Å². The Morgan fingerprint density at radius 3 is 2.44 bits per heavy atom. The van der Waals surface area contributed by atoms with E-state index in [1.54, 1.807) is 0 Å². The fourth-order valence-electron chi connectivity index (χ4n) is 1.09. The lowest BCUT2D eigenvalue weighted by atomic mass is 10.2. The van der Waals surface area contributed by atoms with Gasteiger partial charge in [0.1, 0.15) is 0 Å². The van der Waals surface area contributed by atoms with Crippen molar-refractivity contribution in [1.82, 2.24) is 4.72 Å². The second kappa shape index (κ2) is 5.66. The van der Waals surface area contributed by atoms with Gasteiger partial charge in [-0.2, -0.15) is 0 Å². The fraction of sp³-hybridized carbons (Fsp3) is 0.273. The molecule has 0 fully saturated rings. The summed E-state index contributed by atoms with van der Waals surface area (Å²) in [5.41, 5.74) is 0.523. The van der Waals surface area contributed by atoms with Gasteiger partial charge in [-0.3, -0.25) is 0 Å². The van der Waals surface area contributed by atoms with Gasteiger partial charge >= 0.3 is 0 Å². The van der Waals surface area contributed by atoms with Crippen molar-refractivity contribution in [2.75, 3.05) is 13.2 Å². The highest BCUT2D eigenvalue weighted by Gasteiger charge is 2.12. The molecule has 1 aromatic carbocycles. The van der Waals surface area contributed by atoms with Gasteiger partial charge in [-0.15, -0.1) is 0 Å². The van der Waals surface area contributed by atoms with Crippen molar-refractivity contribution in [2.45, 2.75) is 11.3 Å². The number of benzene rings is 1. The van der Waals surface area contributed by atoms with Crippen molar-refractivity contribution < 1.29 is 13.5 Å². The van der Waals surface area contributed by atoms with E-state index < -0.39 is 10.0 Å². The van der Waals surface area contributed by atoms with E-state index in [1.807, 2.05) is 0 Å². The zero-order valence-electron chi connectivity index (χ0n) is 8.60. The predicted molar refractivity (Wildman–Crippen MR) is 59.6 cm³/mol. The molecule has 0 aliphatic carbocycles. The van der Waals surface area contributed by atoms with Crippen LogP contribution in [0.4, 0.5) is 0 Å². The lowest BCUT2D eigenvalue weighted by molar-refractivity contribution is 0.289. The molecule has 0 unspecified atom stereocenters. The van der Waals surface area contributed by atoms with E-state index in [1.165, 1.54) is 24.3 Å². The van der Waals surface area contributed by atoms with Crippen LogP contribution in [0.15, 0.2) is 29.2 Å². The third-order valence-electron chi connectivity index (χ3n) is 1.94. The van der Waals surface area contributed by atoms with Crippen LogP contribution in [-0.2, 0) is 10.0 Å². The molecule has 0 heterocycles. The van der Waals surface area contributed by atoms with Gasteiger partial charge in [0.15, 0.2) is 0 Å². The first-order valence-corrected chi connectivity index (χ1v) is 6.22. The maximum atomic E-state index is 11.6. The average Bonchev–Trinajstić information content (AvgIpc) is 2.29. The Morgan fingerprint density at radius 1 is 1.31 bits per heavy atom. The molecular formula is C11H12NO3S. The molecule has 85 valence electrons. The summed E-state index contributed by atoms with van der Waals surface area (Å²) in [4.78, 5) is 0.143. The predicted octanol–water partition coefficient (Wildman–Crippen LogP) is 0.285. The van der Waals surface area contributed by atoms with Crippen molar-refractivity contribution in [2.24, 2.45) is 0 Å². The van der Waals surface area contributed by atoms with Crippen LogP contribution in [-0.4, -0.2) is 26.7 Å². The molecular weight excluding hydrogens is 226 g/mol. The van der Waals surface area contributed by atoms with Crippen molar-refractivity contribution in [3.63, 3.8) is 0 Å². The first kappa shape index (κ1) is 12.7. The summed E-state index contributed by atoms with van der Waals surface area (Å²) in [6.45, 7) is 0.154. The van der Waals surface area contributed by atoms with E-state index >= 15 is 0 Å². The third-order valence-corrected chi connectivity index (χ3v) is 3.41. The van der Waals surface area contributed by atoms with E-state index in [0.717, 1.165) is 0 Å². The topological polar surface area (TPSA) is 66.4 Å². The van der Waals surface area contributed by atoms with Gasteiger partial charge in [0, 0.05) is 18.7 Å². The van der Waals surface area contributed by atoms with Gasteiger partial charge in [0.2, 0.25) is 10.0 Å². The van der Waals surface area contributed by atoms with Crippen LogP contribution in [0, 0.1) is 12.3 Å². The molecule has 0 aliphatic heterocycles. The minimum absolute atomic E-state index is 0.0514. The summed E-state index contributed by atoms with van der Waals surface area (Å²) in [5, 5.41) is 8.54. The molecule has 0 amide bonds. The number of sulfonamides is 1. The van der Waals surface area contributed by atoms with Crippen LogP contribution in [0.2, 0.25) is 0 Å². The molecule has 0 saturated carbocycles. The van der Waals surface area contributed by atoms with Crippen molar-refractivity contribution >= 4 is 10.0 Å². The zero-order chi connectivity index (χ0) is 12.0. The highest BCUT2D eigenvalue weighted by atomic mass is 32.2. The summed E-state index contributed by atoms with van der Waals surface area (Å²) in [6.07, 6.45) is 7.24. The number of aliphatic hydroxyl groups excluding tert-OH is 1. The molecule has 4 nitrogen and oxygen atoms in total. The molecule has 1 rings (SSSR count). The van der Waals surface area contributed by atoms with Crippen LogP contribution >= 0.6 is 0 Å². The highest BCUT2D eigenvalue weighted by Crippen LogP contribution is 2.09. The summed E-state index contributed by atoms with van der Waals surface area (Å²) in [5.74, 6) is 2.16. The van der Waals surface area contributed by atoms with E-state index in [4.69, 9.17) is 11.5 Å². The summed E-state index contributed by atoms with van der Waals surface area (Å²) in [6, 6.07) is 5.84. The van der Waals surface area contributed by atoms with Gasteiger partial charge < -0.3 is 5.11 Å². The van der Waals surface area contributed by atoms with Gasteiger partial charge in [-0.1, -0.05) is 5.92 Å². The normalized spacial score (nSPS) is 11.0. The Kier molecular flexibility index (Phi) is 4.50. The molecule has 5 heteroatoms. The lowest BCUT2D eigenvalue weighted by Crippen LogP contribution is -2.25. The SMILES string of the molecule is [C]#Cc1ccc(S(=O)(=O)NCCCO)cc1. The molecule has 16 heavy (non-hydrogen) atoms. The smallest absolute Gasteiger partial charge is 0.240 e. The largest absolute Gasteiger partial charge is 0.396 e. The van der Waals surface area contributed by atoms with Crippen LogP contribution < -0.4 is 4.72 Å². The summed E-state index contributed by atoms with van der Waals surface area (Å²) >= 11 is 0. The molecule has 0 spiro atoms. The number of hydrogen-bond donors (Lipinski definition) is 2. The summed E-state index contributed by atoms with van der Waals surface area (Å²) < 4.78 is 25.7. The minimum atomic E-state index is -3.51. The average molecular weight is 238 g/mol. The molecule has 0 aliphatic rings. The van der Waals surface area contributed by atoms with Crippen molar-refractivity contribution in [3.8, 4) is 5.92 Å². The Morgan fingerprint density at radius 2 is 1.94 bits per heavy atom. The van der Waals surface area contributed by atoms with E-state index in [0.29, 0.717) is 12.0 Å². The molecule has 1 aromatic rings. The third kappa shape index (κ3) is 3.35. The molecule has 0 bridgehead atoms. The van der Waals surface area contributed by atoms with Gasteiger partial charge in [-0.05, 0) is 37.1 Å². The Labute approximate surface area is 95.4 Å². The van der Waals surface area contributed by atoms with Crippen LogP contribution in [0.3, 0.4) is 0 Å². The first-order valence-electron chi connectivity index (χ1n) is 4.73. The number of hydrogen-bond acceptors (Lipinski definition) is 3. The Hall–Kier alpha value is -1.35. The first-order chi connectivity index (χ1) is 7.60. The Balaban J connectivity index is 2.79. The second-order valence-corrected chi connectivity index (χ2v) is 4.89. The van der Waals surface area contributed by atoms with E-state index in [9.17, 15) is 8.42 Å². The number of aliphatic hydroxyl groups is 1. The second-order valence-electron chi connectivity index (χ2n) is 3.12. The molecule has 0 atom stereocenters. The Bertz CT molecular complexity index is 471. The number of nitrogens with one attached hydrogen (secondary N) is 1. The van der Waals surface area contributed by atoms with Crippen LogP contribution in [0.5, 0.6) is 0 Å². The maximum Gasteiger partial charge on any atom is 0.240 e. The van der Waals surface area contributed by atoms with Gasteiger partial charge in [-0.25, -0.2) is 13.1 Å². The standard InChI is InChI=1S/C11H12NO3S/c1-2-10-4-6-11(7-5-10)16(14,15)12-8-3-9-13/h4-7,12-13H,3,8-9H2. The monoisotopic (exact) mass is 238 g/mol. The molecule has 0 aromatic heterocycles.